The monoisotopic (exact) mass is 370 g/mol. The summed E-state index contributed by atoms with van der Waals surface area (Å²) >= 11 is 0. The van der Waals surface area contributed by atoms with E-state index in [4.69, 9.17) is 4.74 Å². The molecule has 1 N–H and O–H groups in total. The van der Waals surface area contributed by atoms with Crippen LogP contribution < -0.4 is 5.32 Å². The zero-order chi connectivity index (χ0) is 18.9. The highest BCUT2D eigenvalue weighted by atomic mass is 16.5. The molecule has 0 bridgehead atoms. The van der Waals surface area contributed by atoms with E-state index in [1.807, 2.05) is 4.90 Å². The lowest BCUT2D eigenvalue weighted by molar-refractivity contribution is -0.153. The molecule has 5 heteroatoms. The standard InChI is InChI=1S/C22H30N2O3/c1-2-27-21(26)23-19-12-18(13-19)20(25)24-14-22(15-24)10-8-17(9-11-22)16-6-4-3-5-7-16/h3-7,17-19H,2,8-15H2,1H3,(H,23,26)/t18-,19+. The molecule has 1 spiro atoms. The summed E-state index contributed by atoms with van der Waals surface area (Å²) in [5, 5.41) is 2.82. The van der Waals surface area contributed by atoms with Gasteiger partial charge in [-0.05, 0) is 56.9 Å². The molecule has 27 heavy (non-hydrogen) atoms. The van der Waals surface area contributed by atoms with Gasteiger partial charge in [-0.3, -0.25) is 4.79 Å². The summed E-state index contributed by atoms with van der Waals surface area (Å²) < 4.78 is 4.89. The fourth-order valence-corrected chi connectivity index (χ4v) is 5.06. The maximum absolute atomic E-state index is 12.7. The van der Waals surface area contributed by atoms with Gasteiger partial charge in [-0.2, -0.15) is 0 Å². The molecule has 1 heterocycles. The van der Waals surface area contributed by atoms with E-state index in [9.17, 15) is 9.59 Å². The van der Waals surface area contributed by atoms with Crippen molar-refractivity contribution in [1.29, 1.82) is 0 Å². The zero-order valence-electron chi connectivity index (χ0n) is 16.2. The SMILES string of the molecule is CCOC(=O)N[C@H]1C[C@@H](C(=O)N2CC3(CCC(c4ccccc4)CC3)C2)C1. The van der Waals surface area contributed by atoms with Crippen molar-refractivity contribution >= 4 is 12.0 Å². The van der Waals surface area contributed by atoms with E-state index < -0.39 is 0 Å². The number of rotatable bonds is 4. The Bertz CT molecular complexity index is 668. The summed E-state index contributed by atoms with van der Waals surface area (Å²) in [6.45, 7) is 4.03. The Kier molecular flexibility index (Phi) is 5.11. The molecule has 1 saturated heterocycles. The first-order chi connectivity index (χ1) is 13.1. The molecule has 4 rings (SSSR count). The van der Waals surface area contributed by atoms with E-state index >= 15 is 0 Å². The minimum absolute atomic E-state index is 0.0786. The van der Waals surface area contributed by atoms with E-state index in [1.54, 1.807) is 6.92 Å². The summed E-state index contributed by atoms with van der Waals surface area (Å²) in [5.74, 6) is 1.05. The number of benzene rings is 1. The largest absolute Gasteiger partial charge is 0.450 e. The van der Waals surface area contributed by atoms with Crippen molar-refractivity contribution in [3.05, 3.63) is 35.9 Å². The molecule has 0 atom stereocenters. The Balaban J connectivity index is 1.19. The molecular weight excluding hydrogens is 340 g/mol. The molecule has 0 aromatic heterocycles. The number of amides is 2. The first-order valence-corrected chi connectivity index (χ1v) is 10.4. The lowest BCUT2D eigenvalue weighted by Gasteiger charge is -2.55. The predicted octanol–water partition coefficient (Wildman–Crippen LogP) is 3.70. The molecule has 2 saturated carbocycles. The first kappa shape index (κ1) is 18.3. The van der Waals surface area contributed by atoms with Gasteiger partial charge in [0.15, 0.2) is 0 Å². The number of hydrogen-bond donors (Lipinski definition) is 1. The van der Waals surface area contributed by atoms with Crippen LogP contribution in [0.4, 0.5) is 4.79 Å². The van der Waals surface area contributed by atoms with Crippen LogP contribution in [-0.4, -0.2) is 42.6 Å². The van der Waals surface area contributed by atoms with Gasteiger partial charge in [-0.1, -0.05) is 30.3 Å². The number of nitrogens with one attached hydrogen (secondary N) is 1. The third kappa shape index (κ3) is 3.83. The van der Waals surface area contributed by atoms with E-state index in [1.165, 1.54) is 31.2 Å². The van der Waals surface area contributed by atoms with E-state index in [-0.39, 0.29) is 24.0 Å². The number of ether oxygens (including phenoxy) is 1. The highest BCUT2D eigenvalue weighted by molar-refractivity contribution is 5.81. The van der Waals surface area contributed by atoms with Crippen molar-refractivity contribution < 1.29 is 14.3 Å². The molecule has 0 radical (unpaired) electrons. The van der Waals surface area contributed by atoms with Gasteiger partial charge in [0.25, 0.3) is 0 Å². The van der Waals surface area contributed by atoms with E-state index in [0.717, 1.165) is 25.9 Å². The van der Waals surface area contributed by atoms with Crippen molar-refractivity contribution in [1.82, 2.24) is 10.2 Å². The molecule has 3 fully saturated rings. The van der Waals surface area contributed by atoms with Crippen LogP contribution in [0.15, 0.2) is 30.3 Å². The number of carbonyl (C=O) groups excluding carboxylic acids is 2. The summed E-state index contributed by atoms with van der Waals surface area (Å²) in [6, 6.07) is 10.9. The molecule has 2 amide bonds. The minimum atomic E-state index is -0.369. The fraction of sp³-hybridized carbons (Fsp3) is 0.636. The zero-order valence-corrected chi connectivity index (χ0v) is 16.2. The number of nitrogens with zero attached hydrogens (tertiary/aromatic N) is 1. The van der Waals surface area contributed by atoms with Gasteiger partial charge in [-0.15, -0.1) is 0 Å². The van der Waals surface area contributed by atoms with Crippen LogP contribution in [0.2, 0.25) is 0 Å². The quantitative estimate of drug-likeness (QED) is 0.879. The number of carbonyl (C=O) groups is 2. The molecule has 1 aliphatic heterocycles. The van der Waals surface area contributed by atoms with Gasteiger partial charge < -0.3 is 15.0 Å². The fourth-order valence-electron chi connectivity index (χ4n) is 5.06. The molecule has 0 unspecified atom stereocenters. The third-order valence-corrected chi connectivity index (χ3v) is 6.77. The minimum Gasteiger partial charge on any atom is -0.450 e. The van der Waals surface area contributed by atoms with Gasteiger partial charge >= 0.3 is 6.09 Å². The van der Waals surface area contributed by atoms with Crippen LogP contribution in [0, 0.1) is 11.3 Å². The van der Waals surface area contributed by atoms with Crippen LogP contribution in [0.25, 0.3) is 0 Å². The van der Waals surface area contributed by atoms with Crippen molar-refractivity contribution in [2.75, 3.05) is 19.7 Å². The van der Waals surface area contributed by atoms with Crippen LogP contribution in [0.5, 0.6) is 0 Å². The first-order valence-electron chi connectivity index (χ1n) is 10.4. The van der Waals surface area contributed by atoms with Crippen LogP contribution in [0.3, 0.4) is 0 Å². The van der Waals surface area contributed by atoms with Crippen LogP contribution >= 0.6 is 0 Å². The lowest BCUT2D eigenvalue weighted by Crippen LogP contribution is -2.62. The Morgan fingerprint density at radius 2 is 1.81 bits per heavy atom. The highest BCUT2D eigenvalue weighted by Crippen LogP contribution is 2.49. The van der Waals surface area contributed by atoms with Crippen LogP contribution in [-0.2, 0) is 9.53 Å². The molecule has 3 aliphatic rings. The van der Waals surface area contributed by atoms with Crippen molar-refractivity contribution in [2.45, 2.75) is 57.4 Å². The highest BCUT2D eigenvalue weighted by Gasteiger charge is 2.49. The number of alkyl carbamates (subject to hydrolysis) is 1. The Morgan fingerprint density at radius 3 is 2.44 bits per heavy atom. The average molecular weight is 370 g/mol. The summed E-state index contributed by atoms with van der Waals surface area (Å²) in [4.78, 5) is 26.1. The van der Waals surface area contributed by atoms with E-state index in [2.05, 4.69) is 35.6 Å². The van der Waals surface area contributed by atoms with Gasteiger partial charge in [0, 0.05) is 30.5 Å². The summed E-state index contributed by atoms with van der Waals surface area (Å²) in [7, 11) is 0. The van der Waals surface area contributed by atoms with E-state index in [0.29, 0.717) is 17.9 Å². The summed E-state index contributed by atoms with van der Waals surface area (Å²) in [5.41, 5.74) is 1.84. The van der Waals surface area contributed by atoms with Gasteiger partial charge in [0.05, 0.1) is 6.61 Å². The van der Waals surface area contributed by atoms with Gasteiger partial charge in [0.2, 0.25) is 5.91 Å². The van der Waals surface area contributed by atoms with Crippen molar-refractivity contribution in [3.8, 4) is 0 Å². The average Bonchev–Trinajstić information content (AvgIpc) is 2.63. The summed E-state index contributed by atoms with van der Waals surface area (Å²) in [6.07, 6.45) is 6.06. The van der Waals surface area contributed by atoms with Gasteiger partial charge in [0.1, 0.15) is 0 Å². The third-order valence-electron chi connectivity index (χ3n) is 6.77. The molecule has 1 aromatic rings. The Labute approximate surface area is 161 Å². The van der Waals surface area contributed by atoms with Crippen molar-refractivity contribution in [2.24, 2.45) is 11.3 Å². The molecule has 146 valence electrons. The second kappa shape index (κ2) is 7.53. The predicted molar refractivity (Wildman–Crippen MR) is 103 cm³/mol. The molecule has 1 aromatic carbocycles. The Hall–Kier alpha value is -2.04. The molecule has 5 nitrogen and oxygen atoms in total. The maximum atomic E-state index is 12.7. The normalized spacial score (nSPS) is 26.8. The Morgan fingerprint density at radius 1 is 1.15 bits per heavy atom. The topological polar surface area (TPSA) is 58.6 Å². The molecular formula is C22H30N2O3. The lowest BCUT2D eigenvalue weighted by atomic mass is 9.64. The van der Waals surface area contributed by atoms with Gasteiger partial charge in [-0.25, -0.2) is 4.79 Å². The van der Waals surface area contributed by atoms with Crippen molar-refractivity contribution in [3.63, 3.8) is 0 Å². The number of likely N-dealkylation sites (tertiary alicyclic amines) is 1. The molecule has 2 aliphatic carbocycles. The number of hydrogen-bond acceptors (Lipinski definition) is 3. The van der Waals surface area contributed by atoms with Crippen LogP contribution in [0.1, 0.15) is 56.9 Å². The maximum Gasteiger partial charge on any atom is 0.407 e. The second-order valence-electron chi connectivity index (χ2n) is 8.61. The second-order valence-corrected chi connectivity index (χ2v) is 8.61. The smallest absolute Gasteiger partial charge is 0.407 e.